The number of carbonyl (C=O) groups excluding carboxylic acids is 1. The summed E-state index contributed by atoms with van der Waals surface area (Å²) < 4.78 is 5.29. The Morgan fingerprint density at radius 2 is 1.94 bits per heavy atom. The fraction of sp³-hybridized carbons (Fsp3) is 0.357. The van der Waals surface area contributed by atoms with Gasteiger partial charge >= 0.3 is 0 Å². The number of pyridine rings is 1. The summed E-state index contributed by atoms with van der Waals surface area (Å²) in [6.45, 7) is 5.20. The number of nitrogens with zero attached hydrogens (tertiary/aromatic N) is 2. The van der Waals surface area contributed by atoms with Crippen LogP contribution in [0.4, 0.5) is 0 Å². The molecular weight excluding hydrogens is 410 g/mol. The predicted octanol–water partition coefficient (Wildman–Crippen LogP) is 4.72. The van der Waals surface area contributed by atoms with Crippen LogP contribution >= 0.6 is 0 Å². The normalized spacial score (nSPS) is 18.6. The van der Waals surface area contributed by atoms with Gasteiger partial charge in [-0.2, -0.15) is 0 Å². The molecule has 1 amide bonds. The molecule has 1 aliphatic heterocycles. The molecule has 0 saturated carbocycles. The number of likely N-dealkylation sites (tertiary alicyclic amines) is 1. The summed E-state index contributed by atoms with van der Waals surface area (Å²) in [7, 11) is 1.68. The minimum atomic E-state index is -0.459. The van der Waals surface area contributed by atoms with Crippen molar-refractivity contribution in [3.05, 3.63) is 84.2 Å². The molecule has 2 aromatic carbocycles. The van der Waals surface area contributed by atoms with E-state index in [1.54, 1.807) is 13.3 Å². The zero-order valence-corrected chi connectivity index (χ0v) is 19.6. The van der Waals surface area contributed by atoms with Gasteiger partial charge in [0.05, 0.1) is 12.5 Å². The quantitative estimate of drug-likeness (QED) is 0.547. The SMILES string of the molecule is CCNC(=O)C1(Cc2ccccc2-c2cccnc2)CCCN(Cc2ccc(OC)cc2)C1. The lowest BCUT2D eigenvalue weighted by Gasteiger charge is -2.42. The van der Waals surface area contributed by atoms with Crippen molar-refractivity contribution < 1.29 is 9.53 Å². The van der Waals surface area contributed by atoms with Crippen LogP contribution in [0.5, 0.6) is 5.75 Å². The molecule has 1 aromatic heterocycles. The molecule has 2 heterocycles. The topological polar surface area (TPSA) is 54.5 Å². The van der Waals surface area contributed by atoms with Gasteiger partial charge in [-0.15, -0.1) is 0 Å². The second-order valence-electron chi connectivity index (χ2n) is 8.88. The molecule has 1 aliphatic rings. The third-order valence-corrected chi connectivity index (χ3v) is 6.56. The van der Waals surface area contributed by atoms with Crippen LogP contribution in [0.2, 0.25) is 0 Å². The molecule has 1 atom stereocenters. The van der Waals surface area contributed by atoms with Crippen molar-refractivity contribution in [2.24, 2.45) is 5.41 Å². The van der Waals surface area contributed by atoms with Crippen molar-refractivity contribution in [3.63, 3.8) is 0 Å². The molecule has 3 aromatic rings. The van der Waals surface area contributed by atoms with E-state index >= 15 is 0 Å². The third kappa shape index (κ3) is 5.42. The van der Waals surface area contributed by atoms with Crippen molar-refractivity contribution in [1.82, 2.24) is 15.2 Å². The predicted molar refractivity (Wildman–Crippen MR) is 132 cm³/mol. The Hall–Kier alpha value is -3.18. The van der Waals surface area contributed by atoms with Crippen LogP contribution in [0.15, 0.2) is 73.1 Å². The van der Waals surface area contributed by atoms with E-state index in [4.69, 9.17) is 4.74 Å². The van der Waals surface area contributed by atoms with Crippen LogP contribution in [0.3, 0.4) is 0 Å². The van der Waals surface area contributed by atoms with Crippen molar-refractivity contribution in [1.29, 1.82) is 0 Å². The van der Waals surface area contributed by atoms with Crippen LogP contribution in [0.25, 0.3) is 11.1 Å². The molecule has 5 nitrogen and oxygen atoms in total. The average Bonchev–Trinajstić information content (AvgIpc) is 2.86. The molecule has 1 unspecified atom stereocenters. The van der Waals surface area contributed by atoms with Crippen molar-refractivity contribution in [3.8, 4) is 16.9 Å². The largest absolute Gasteiger partial charge is 0.497 e. The van der Waals surface area contributed by atoms with Crippen LogP contribution in [-0.2, 0) is 17.8 Å². The van der Waals surface area contributed by atoms with Crippen molar-refractivity contribution in [2.75, 3.05) is 26.7 Å². The number of aromatic nitrogens is 1. The number of ether oxygens (including phenoxy) is 1. The lowest BCUT2D eigenvalue weighted by Crippen LogP contribution is -2.53. The van der Waals surface area contributed by atoms with Gasteiger partial charge in [0.1, 0.15) is 5.75 Å². The molecule has 0 spiro atoms. The molecular formula is C28H33N3O2. The molecule has 1 N–H and O–H groups in total. The minimum absolute atomic E-state index is 0.158. The number of nitrogens with one attached hydrogen (secondary N) is 1. The van der Waals surface area contributed by atoms with E-state index in [1.165, 1.54) is 11.1 Å². The number of methoxy groups -OCH3 is 1. The maximum atomic E-state index is 13.5. The monoisotopic (exact) mass is 443 g/mol. The van der Waals surface area contributed by atoms with Crippen LogP contribution in [0, 0.1) is 5.41 Å². The number of benzene rings is 2. The van der Waals surface area contributed by atoms with Gasteiger partial charge in [0, 0.05) is 37.6 Å². The smallest absolute Gasteiger partial charge is 0.227 e. The Kier molecular flexibility index (Phi) is 7.40. The molecule has 0 radical (unpaired) electrons. The molecule has 0 aliphatic carbocycles. The Bertz CT molecular complexity index is 1050. The molecule has 1 fully saturated rings. The molecule has 5 heteroatoms. The summed E-state index contributed by atoms with van der Waals surface area (Å²) in [5.74, 6) is 1.02. The summed E-state index contributed by atoms with van der Waals surface area (Å²) in [4.78, 5) is 20.2. The Balaban J connectivity index is 1.61. The van der Waals surface area contributed by atoms with Crippen molar-refractivity contribution >= 4 is 5.91 Å². The van der Waals surface area contributed by atoms with Gasteiger partial charge in [0.2, 0.25) is 5.91 Å². The van der Waals surface area contributed by atoms with E-state index in [0.717, 1.165) is 49.4 Å². The van der Waals surface area contributed by atoms with E-state index in [-0.39, 0.29) is 5.91 Å². The highest BCUT2D eigenvalue weighted by Gasteiger charge is 2.42. The number of piperidine rings is 1. The molecule has 4 rings (SSSR count). The first-order valence-electron chi connectivity index (χ1n) is 11.8. The van der Waals surface area contributed by atoms with Gasteiger partial charge in [0.25, 0.3) is 0 Å². The first kappa shape index (κ1) is 23.0. The lowest BCUT2D eigenvalue weighted by atomic mass is 9.73. The maximum absolute atomic E-state index is 13.5. The summed E-state index contributed by atoms with van der Waals surface area (Å²) in [6.07, 6.45) is 6.29. The highest BCUT2D eigenvalue weighted by atomic mass is 16.5. The fourth-order valence-electron chi connectivity index (χ4n) is 4.95. The Morgan fingerprint density at radius 3 is 2.67 bits per heavy atom. The average molecular weight is 444 g/mol. The molecule has 172 valence electrons. The van der Waals surface area contributed by atoms with Gasteiger partial charge in [-0.3, -0.25) is 14.7 Å². The van der Waals surface area contributed by atoms with Crippen molar-refractivity contribution in [2.45, 2.75) is 32.7 Å². The number of hydrogen-bond donors (Lipinski definition) is 1. The van der Waals surface area contributed by atoms with Gasteiger partial charge in [-0.05, 0) is 67.6 Å². The number of rotatable bonds is 8. The van der Waals surface area contributed by atoms with E-state index < -0.39 is 5.41 Å². The lowest BCUT2D eigenvalue weighted by molar-refractivity contribution is -0.134. The number of amides is 1. The van der Waals surface area contributed by atoms with Gasteiger partial charge in [-0.1, -0.05) is 42.5 Å². The fourth-order valence-corrected chi connectivity index (χ4v) is 4.95. The standard InChI is InChI=1S/C28H33N3O2/c1-3-30-27(32)28(18-23-8-4-5-10-26(23)24-9-6-16-29-19-24)15-7-17-31(21-28)20-22-11-13-25(33-2)14-12-22/h4-6,8-14,16,19H,3,7,15,17-18,20-21H2,1-2H3,(H,30,32). The van der Waals surface area contributed by atoms with Gasteiger partial charge < -0.3 is 10.1 Å². The summed E-state index contributed by atoms with van der Waals surface area (Å²) in [5, 5.41) is 3.14. The molecule has 1 saturated heterocycles. The Morgan fingerprint density at radius 1 is 1.12 bits per heavy atom. The molecule has 0 bridgehead atoms. The highest BCUT2D eigenvalue weighted by molar-refractivity contribution is 5.84. The third-order valence-electron chi connectivity index (χ3n) is 6.56. The summed E-state index contributed by atoms with van der Waals surface area (Å²) >= 11 is 0. The minimum Gasteiger partial charge on any atom is -0.497 e. The Labute approximate surface area is 196 Å². The van der Waals surface area contributed by atoms with E-state index in [0.29, 0.717) is 13.0 Å². The van der Waals surface area contributed by atoms with E-state index in [1.807, 2.05) is 31.3 Å². The maximum Gasteiger partial charge on any atom is 0.227 e. The van der Waals surface area contributed by atoms with Crippen LogP contribution in [-0.4, -0.2) is 42.5 Å². The second-order valence-corrected chi connectivity index (χ2v) is 8.88. The summed E-state index contributed by atoms with van der Waals surface area (Å²) in [6, 6.07) is 20.7. The van der Waals surface area contributed by atoms with E-state index in [2.05, 4.69) is 57.7 Å². The van der Waals surface area contributed by atoms with Gasteiger partial charge in [-0.25, -0.2) is 0 Å². The van der Waals surface area contributed by atoms with Crippen LogP contribution < -0.4 is 10.1 Å². The number of hydrogen-bond acceptors (Lipinski definition) is 4. The first-order chi connectivity index (χ1) is 16.1. The van der Waals surface area contributed by atoms with Gasteiger partial charge in [0.15, 0.2) is 0 Å². The summed E-state index contributed by atoms with van der Waals surface area (Å²) in [5.41, 5.74) is 4.21. The highest BCUT2D eigenvalue weighted by Crippen LogP contribution is 2.37. The number of carbonyl (C=O) groups is 1. The second kappa shape index (κ2) is 10.6. The van der Waals surface area contributed by atoms with Crippen LogP contribution in [0.1, 0.15) is 30.9 Å². The molecule has 33 heavy (non-hydrogen) atoms. The zero-order valence-electron chi connectivity index (χ0n) is 19.6. The zero-order chi connectivity index (χ0) is 23.1. The van der Waals surface area contributed by atoms with E-state index in [9.17, 15) is 4.79 Å². The first-order valence-corrected chi connectivity index (χ1v) is 11.8.